The summed E-state index contributed by atoms with van der Waals surface area (Å²) >= 11 is 0. The molecule has 0 aliphatic rings. The molecule has 1 unspecified atom stereocenters. The Kier molecular flexibility index (Phi) is 7.74. The molecule has 0 spiro atoms. The molecule has 1 aromatic rings. The zero-order valence-corrected chi connectivity index (χ0v) is 14.4. The second-order valence-electron chi connectivity index (χ2n) is 5.61. The maximum absolute atomic E-state index is 12.1. The molecule has 0 radical (unpaired) electrons. The number of carbonyl (C=O) groups is 3. The predicted octanol–water partition coefficient (Wildman–Crippen LogP) is 2.57. The minimum absolute atomic E-state index is 0.210. The molecule has 7 nitrogen and oxygen atoms in total. The van der Waals surface area contributed by atoms with E-state index in [1.165, 1.54) is 13.2 Å². The van der Waals surface area contributed by atoms with Crippen molar-refractivity contribution in [1.82, 2.24) is 5.32 Å². The molecule has 0 bridgehead atoms. The second-order valence-corrected chi connectivity index (χ2v) is 5.61. The number of methoxy groups -OCH3 is 1. The first-order valence-electron chi connectivity index (χ1n) is 7.79. The number of amides is 2. The molecule has 0 aromatic heterocycles. The van der Waals surface area contributed by atoms with Gasteiger partial charge in [-0.05, 0) is 37.5 Å². The Bertz CT molecular complexity index is 586. The topological polar surface area (TPSA) is 93.7 Å². The first-order chi connectivity index (χ1) is 11.4. The van der Waals surface area contributed by atoms with E-state index < -0.39 is 24.0 Å². The lowest BCUT2D eigenvalue weighted by atomic mass is 10.0. The van der Waals surface area contributed by atoms with Gasteiger partial charge in [0.25, 0.3) is 0 Å². The van der Waals surface area contributed by atoms with Gasteiger partial charge >= 0.3 is 18.0 Å². The summed E-state index contributed by atoms with van der Waals surface area (Å²) in [4.78, 5) is 35.5. The van der Waals surface area contributed by atoms with Crippen LogP contribution in [-0.4, -0.2) is 37.7 Å². The maximum atomic E-state index is 12.1. The molecule has 0 aliphatic carbocycles. The summed E-state index contributed by atoms with van der Waals surface area (Å²) in [7, 11) is 1.28. The van der Waals surface area contributed by atoms with Crippen LogP contribution in [0.25, 0.3) is 0 Å². The van der Waals surface area contributed by atoms with E-state index >= 15 is 0 Å². The van der Waals surface area contributed by atoms with E-state index in [0.29, 0.717) is 17.7 Å². The van der Waals surface area contributed by atoms with E-state index in [-0.39, 0.29) is 12.5 Å². The van der Waals surface area contributed by atoms with Gasteiger partial charge in [-0.1, -0.05) is 19.9 Å². The highest BCUT2D eigenvalue weighted by molar-refractivity contribution is 5.95. The van der Waals surface area contributed by atoms with E-state index in [4.69, 9.17) is 9.47 Å². The first-order valence-corrected chi connectivity index (χ1v) is 7.79. The smallest absolute Gasteiger partial charge is 0.338 e. The molecule has 0 saturated carbocycles. The van der Waals surface area contributed by atoms with Gasteiger partial charge in [0.2, 0.25) is 0 Å². The van der Waals surface area contributed by atoms with Crippen molar-refractivity contribution in [3.63, 3.8) is 0 Å². The molecule has 0 fully saturated rings. The molecule has 0 saturated heterocycles. The van der Waals surface area contributed by atoms with Gasteiger partial charge in [0.05, 0.1) is 19.3 Å². The molecule has 2 N–H and O–H groups in total. The highest BCUT2D eigenvalue weighted by atomic mass is 16.5. The van der Waals surface area contributed by atoms with Gasteiger partial charge < -0.3 is 20.1 Å². The SMILES string of the molecule is CCOC(=O)c1cccc(NC(=O)NC(CC(C)C)C(=O)OC)c1. The van der Waals surface area contributed by atoms with E-state index in [1.807, 2.05) is 13.8 Å². The van der Waals surface area contributed by atoms with Crippen molar-refractivity contribution in [2.75, 3.05) is 19.0 Å². The minimum Gasteiger partial charge on any atom is -0.467 e. The molecular weight excluding hydrogens is 312 g/mol. The number of benzene rings is 1. The number of ether oxygens (including phenoxy) is 2. The van der Waals surface area contributed by atoms with Crippen LogP contribution in [0.2, 0.25) is 0 Å². The highest BCUT2D eigenvalue weighted by Gasteiger charge is 2.22. The molecule has 1 aromatic carbocycles. The normalized spacial score (nSPS) is 11.5. The summed E-state index contributed by atoms with van der Waals surface area (Å²) < 4.78 is 9.61. The third-order valence-electron chi connectivity index (χ3n) is 3.13. The van der Waals surface area contributed by atoms with Crippen molar-refractivity contribution < 1.29 is 23.9 Å². The van der Waals surface area contributed by atoms with Crippen molar-refractivity contribution >= 4 is 23.7 Å². The molecule has 2 amide bonds. The van der Waals surface area contributed by atoms with Gasteiger partial charge in [0, 0.05) is 5.69 Å². The van der Waals surface area contributed by atoms with Crippen molar-refractivity contribution in [1.29, 1.82) is 0 Å². The quantitative estimate of drug-likeness (QED) is 0.746. The zero-order valence-electron chi connectivity index (χ0n) is 14.4. The average Bonchev–Trinajstić information content (AvgIpc) is 2.53. The van der Waals surface area contributed by atoms with Crippen molar-refractivity contribution in [3.8, 4) is 0 Å². The average molecular weight is 336 g/mol. The molecule has 0 heterocycles. The van der Waals surface area contributed by atoms with Gasteiger partial charge in [0.1, 0.15) is 6.04 Å². The Labute approximate surface area is 141 Å². The number of rotatable bonds is 7. The third kappa shape index (κ3) is 6.28. The maximum Gasteiger partial charge on any atom is 0.338 e. The Morgan fingerprint density at radius 2 is 1.92 bits per heavy atom. The van der Waals surface area contributed by atoms with Gasteiger partial charge in [-0.25, -0.2) is 14.4 Å². The van der Waals surface area contributed by atoms with E-state index in [2.05, 4.69) is 10.6 Å². The largest absolute Gasteiger partial charge is 0.467 e. The van der Waals surface area contributed by atoms with E-state index in [0.717, 1.165) is 0 Å². The third-order valence-corrected chi connectivity index (χ3v) is 3.13. The summed E-state index contributed by atoms with van der Waals surface area (Å²) in [6, 6.07) is 5.09. The molecular formula is C17H24N2O5. The van der Waals surface area contributed by atoms with Crippen LogP contribution in [0.1, 0.15) is 37.6 Å². The van der Waals surface area contributed by atoms with Gasteiger partial charge in [-0.15, -0.1) is 0 Å². The Morgan fingerprint density at radius 3 is 2.50 bits per heavy atom. The summed E-state index contributed by atoms with van der Waals surface area (Å²) in [6.07, 6.45) is 0.461. The number of carbonyl (C=O) groups excluding carboxylic acids is 3. The van der Waals surface area contributed by atoms with E-state index in [1.54, 1.807) is 25.1 Å². The highest BCUT2D eigenvalue weighted by Crippen LogP contribution is 2.12. The van der Waals surface area contributed by atoms with E-state index in [9.17, 15) is 14.4 Å². The fraction of sp³-hybridized carbons (Fsp3) is 0.471. The fourth-order valence-electron chi connectivity index (χ4n) is 2.09. The molecule has 1 atom stereocenters. The fourth-order valence-corrected chi connectivity index (χ4v) is 2.09. The second kappa shape index (κ2) is 9.54. The number of hydrogen-bond acceptors (Lipinski definition) is 5. The number of esters is 2. The monoisotopic (exact) mass is 336 g/mol. The summed E-state index contributed by atoms with van der Waals surface area (Å²) in [6.45, 7) is 5.87. The Hall–Kier alpha value is -2.57. The van der Waals surface area contributed by atoms with Crippen molar-refractivity contribution in [2.45, 2.75) is 33.2 Å². The van der Waals surface area contributed by atoms with Crippen LogP contribution in [0.3, 0.4) is 0 Å². The van der Waals surface area contributed by atoms with Crippen LogP contribution >= 0.6 is 0 Å². The molecule has 24 heavy (non-hydrogen) atoms. The molecule has 7 heteroatoms. The van der Waals surface area contributed by atoms with Crippen LogP contribution in [0.4, 0.5) is 10.5 Å². The minimum atomic E-state index is -0.733. The van der Waals surface area contributed by atoms with Crippen LogP contribution in [0, 0.1) is 5.92 Å². The van der Waals surface area contributed by atoms with Crippen LogP contribution in [0.5, 0.6) is 0 Å². The number of hydrogen-bond donors (Lipinski definition) is 2. The summed E-state index contributed by atoms with van der Waals surface area (Å²) in [5.74, 6) is -0.755. The lowest BCUT2D eigenvalue weighted by molar-refractivity contribution is -0.143. The Morgan fingerprint density at radius 1 is 1.21 bits per heavy atom. The van der Waals surface area contributed by atoms with Crippen LogP contribution in [-0.2, 0) is 14.3 Å². The number of urea groups is 1. The molecule has 0 aliphatic heterocycles. The standard InChI is InChI=1S/C17H24N2O5/c1-5-24-15(20)12-7-6-8-13(10-12)18-17(22)19-14(9-11(2)3)16(21)23-4/h6-8,10-11,14H,5,9H2,1-4H3,(H2,18,19,22). The van der Waals surface area contributed by atoms with Crippen LogP contribution < -0.4 is 10.6 Å². The summed E-state index contributed by atoms with van der Waals surface area (Å²) in [5.41, 5.74) is 0.757. The predicted molar refractivity (Wildman–Crippen MR) is 89.8 cm³/mol. The van der Waals surface area contributed by atoms with Crippen LogP contribution in [0.15, 0.2) is 24.3 Å². The zero-order chi connectivity index (χ0) is 18.1. The van der Waals surface area contributed by atoms with Gasteiger partial charge in [-0.2, -0.15) is 0 Å². The molecule has 1 rings (SSSR count). The lowest BCUT2D eigenvalue weighted by Gasteiger charge is -2.18. The number of nitrogens with one attached hydrogen (secondary N) is 2. The van der Waals surface area contributed by atoms with Gasteiger partial charge in [-0.3, -0.25) is 0 Å². The van der Waals surface area contributed by atoms with Crippen molar-refractivity contribution in [2.24, 2.45) is 5.92 Å². The van der Waals surface area contributed by atoms with Crippen molar-refractivity contribution in [3.05, 3.63) is 29.8 Å². The lowest BCUT2D eigenvalue weighted by Crippen LogP contribution is -2.44. The first kappa shape index (κ1) is 19.5. The summed E-state index contributed by atoms with van der Waals surface area (Å²) in [5, 5.41) is 5.18. The molecule has 132 valence electrons. The Balaban J connectivity index is 2.74. The number of anilines is 1. The van der Waals surface area contributed by atoms with Gasteiger partial charge in [0.15, 0.2) is 0 Å².